The van der Waals surface area contributed by atoms with E-state index >= 15 is 0 Å². The molecule has 1 atom stereocenters. The van der Waals surface area contributed by atoms with Crippen molar-refractivity contribution >= 4 is 28.6 Å². The number of urea groups is 1. The van der Waals surface area contributed by atoms with Crippen molar-refractivity contribution in [2.75, 3.05) is 12.8 Å². The summed E-state index contributed by atoms with van der Waals surface area (Å²) in [5.74, 6) is 0.520. The number of methoxy groups -OCH3 is 1. The van der Waals surface area contributed by atoms with Crippen LogP contribution >= 0.6 is 11.3 Å². The third-order valence-corrected chi connectivity index (χ3v) is 5.39. The average Bonchev–Trinajstić information content (AvgIpc) is 3.17. The van der Waals surface area contributed by atoms with Gasteiger partial charge in [0.15, 0.2) is 0 Å². The molecule has 1 aliphatic rings. The van der Waals surface area contributed by atoms with E-state index in [4.69, 9.17) is 15.5 Å². The van der Waals surface area contributed by atoms with E-state index in [-0.39, 0.29) is 12.1 Å². The molecule has 4 N–H and O–H groups in total. The van der Waals surface area contributed by atoms with Crippen LogP contribution in [0.5, 0.6) is 5.88 Å². The Balaban J connectivity index is 1.73. The van der Waals surface area contributed by atoms with Crippen LogP contribution in [0.15, 0.2) is 53.7 Å². The number of aromatic nitrogens is 2. The van der Waals surface area contributed by atoms with Gasteiger partial charge < -0.3 is 21.1 Å². The summed E-state index contributed by atoms with van der Waals surface area (Å²) in [7, 11) is 1.57. The van der Waals surface area contributed by atoms with Gasteiger partial charge in [-0.05, 0) is 30.7 Å². The van der Waals surface area contributed by atoms with Crippen LogP contribution in [0.1, 0.15) is 23.5 Å². The second-order valence-corrected chi connectivity index (χ2v) is 7.22. The molecule has 1 aromatic carbocycles. The Hall–Kier alpha value is -3.39. The summed E-state index contributed by atoms with van der Waals surface area (Å²) in [5.41, 5.74) is 10.9. The average molecular weight is 393 g/mol. The third kappa shape index (κ3) is 3.41. The van der Waals surface area contributed by atoms with E-state index in [2.05, 4.69) is 15.6 Å². The minimum atomic E-state index is -0.349. The number of ether oxygens (including phenoxy) is 1. The molecule has 8 heteroatoms. The first-order valence-electron chi connectivity index (χ1n) is 8.65. The van der Waals surface area contributed by atoms with Crippen LogP contribution in [0, 0.1) is 0 Å². The first kappa shape index (κ1) is 18.0. The molecule has 1 aliphatic heterocycles. The van der Waals surface area contributed by atoms with Crippen LogP contribution in [0.4, 0.5) is 10.5 Å². The van der Waals surface area contributed by atoms with Gasteiger partial charge in [0.05, 0.1) is 18.8 Å². The van der Waals surface area contributed by atoms with E-state index in [1.54, 1.807) is 19.4 Å². The predicted octanol–water partition coefficient (Wildman–Crippen LogP) is 3.58. The molecule has 0 saturated carbocycles. The number of pyridine rings is 1. The highest BCUT2D eigenvalue weighted by atomic mass is 32.1. The summed E-state index contributed by atoms with van der Waals surface area (Å²) in [6, 6.07) is 10.7. The van der Waals surface area contributed by atoms with Gasteiger partial charge in [-0.25, -0.2) is 14.8 Å². The number of amides is 2. The van der Waals surface area contributed by atoms with Crippen LogP contribution in [-0.4, -0.2) is 23.1 Å². The highest BCUT2D eigenvalue weighted by Gasteiger charge is 2.29. The Bertz CT molecular complexity index is 1040. The zero-order chi connectivity index (χ0) is 19.7. The number of anilines is 1. The van der Waals surface area contributed by atoms with Crippen molar-refractivity contribution in [2.45, 2.75) is 13.0 Å². The number of carbonyl (C=O) groups is 1. The molecule has 28 heavy (non-hydrogen) atoms. The van der Waals surface area contributed by atoms with Gasteiger partial charge in [-0.2, -0.15) is 0 Å². The van der Waals surface area contributed by atoms with Crippen molar-refractivity contribution in [1.29, 1.82) is 0 Å². The number of allylic oxidation sites excluding steroid dienone is 1. The van der Waals surface area contributed by atoms with Crippen LogP contribution in [0.25, 0.3) is 16.8 Å². The molecular formula is C20H19N5O2S. The zero-order valence-corrected chi connectivity index (χ0v) is 16.2. The monoisotopic (exact) mass is 393 g/mol. The fourth-order valence-electron chi connectivity index (χ4n) is 3.09. The highest BCUT2D eigenvalue weighted by molar-refractivity contribution is 7.11. The lowest BCUT2D eigenvalue weighted by atomic mass is 9.97. The van der Waals surface area contributed by atoms with E-state index in [9.17, 15) is 4.79 Å². The fourth-order valence-corrected chi connectivity index (χ4v) is 4.06. The third-order valence-electron chi connectivity index (χ3n) is 4.51. The van der Waals surface area contributed by atoms with Gasteiger partial charge in [0, 0.05) is 40.2 Å². The first-order valence-corrected chi connectivity index (χ1v) is 9.53. The lowest BCUT2D eigenvalue weighted by molar-refractivity contribution is 0.240. The number of hydrogen-bond acceptors (Lipinski definition) is 6. The maximum Gasteiger partial charge on any atom is 0.319 e. The lowest BCUT2D eigenvalue weighted by Crippen LogP contribution is -2.42. The van der Waals surface area contributed by atoms with Crippen molar-refractivity contribution in [3.05, 3.63) is 64.2 Å². The smallest absolute Gasteiger partial charge is 0.319 e. The zero-order valence-electron chi connectivity index (χ0n) is 15.4. The number of nitrogens with one attached hydrogen (secondary N) is 2. The fraction of sp³-hybridized carbons (Fsp3) is 0.150. The van der Waals surface area contributed by atoms with Crippen molar-refractivity contribution in [3.63, 3.8) is 0 Å². The number of nitrogens with two attached hydrogens (primary N) is 1. The number of thiazole rings is 1. The Labute approximate surface area is 166 Å². The van der Waals surface area contributed by atoms with Gasteiger partial charge in [-0.15, -0.1) is 11.3 Å². The molecule has 3 aromatic rings. The summed E-state index contributed by atoms with van der Waals surface area (Å²) in [6.07, 6.45) is 1.71. The number of nitrogens with zero attached hydrogens (tertiary/aromatic N) is 2. The molecule has 0 radical (unpaired) electrons. The van der Waals surface area contributed by atoms with Gasteiger partial charge in [0.1, 0.15) is 5.01 Å². The summed E-state index contributed by atoms with van der Waals surface area (Å²) >= 11 is 1.53. The molecule has 1 unspecified atom stereocenters. The normalized spacial score (nSPS) is 16.5. The Kier molecular flexibility index (Phi) is 4.70. The van der Waals surface area contributed by atoms with Crippen LogP contribution < -0.4 is 21.1 Å². The highest BCUT2D eigenvalue weighted by Crippen LogP contribution is 2.37. The molecule has 2 aromatic heterocycles. The Morgan fingerprint density at radius 1 is 1.18 bits per heavy atom. The van der Waals surface area contributed by atoms with Gasteiger partial charge in [-0.3, -0.25) is 0 Å². The van der Waals surface area contributed by atoms with E-state index in [1.807, 2.05) is 42.6 Å². The second kappa shape index (κ2) is 7.32. The molecule has 7 nitrogen and oxygen atoms in total. The largest absolute Gasteiger partial charge is 0.481 e. The SMILES string of the molecule is COc1ccc(C2NC(=O)NC(C)=C2c2nc(-c3ccc(N)cc3)cs2)cn1. The predicted molar refractivity (Wildman–Crippen MR) is 110 cm³/mol. The van der Waals surface area contributed by atoms with E-state index in [1.165, 1.54) is 11.3 Å². The van der Waals surface area contributed by atoms with Gasteiger partial charge >= 0.3 is 6.03 Å². The van der Waals surface area contributed by atoms with Gasteiger partial charge in [-0.1, -0.05) is 12.1 Å². The van der Waals surface area contributed by atoms with Crippen molar-refractivity contribution < 1.29 is 9.53 Å². The molecule has 0 saturated heterocycles. The number of nitrogen functional groups attached to an aromatic ring is 1. The van der Waals surface area contributed by atoms with Crippen molar-refractivity contribution in [2.24, 2.45) is 0 Å². The number of hydrogen-bond donors (Lipinski definition) is 3. The van der Waals surface area contributed by atoms with Gasteiger partial charge in [0.2, 0.25) is 5.88 Å². The van der Waals surface area contributed by atoms with Crippen molar-refractivity contribution in [3.8, 4) is 17.1 Å². The van der Waals surface area contributed by atoms with Crippen LogP contribution in [-0.2, 0) is 0 Å². The summed E-state index contributed by atoms with van der Waals surface area (Å²) in [5, 5.41) is 8.64. The van der Waals surface area contributed by atoms with Crippen molar-refractivity contribution in [1.82, 2.24) is 20.6 Å². The summed E-state index contributed by atoms with van der Waals surface area (Å²) in [6.45, 7) is 1.88. The quantitative estimate of drug-likeness (QED) is 0.588. The van der Waals surface area contributed by atoms with E-state index in [0.29, 0.717) is 11.6 Å². The molecule has 0 bridgehead atoms. The number of rotatable bonds is 4. The molecule has 142 valence electrons. The maximum absolute atomic E-state index is 12.1. The topological polar surface area (TPSA) is 102 Å². The molecular weight excluding hydrogens is 374 g/mol. The lowest BCUT2D eigenvalue weighted by Gasteiger charge is -2.28. The molecule has 0 fully saturated rings. The molecule has 3 heterocycles. The minimum absolute atomic E-state index is 0.252. The van der Waals surface area contributed by atoms with E-state index < -0.39 is 0 Å². The summed E-state index contributed by atoms with van der Waals surface area (Å²) < 4.78 is 5.13. The number of carbonyl (C=O) groups excluding carboxylic acids is 1. The summed E-state index contributed by atoms with van der Waals surface area (Å²) in [4.78, 5) is 21.2. The number of benzene rings is 1. The Morgan fingerprint density at radius 2 is 1.96 bits per heavy atom. The van der Waals surface area contributed by atoms with Gasteiger partial charge in [0.25, 0.3) is 0 Å². The molecule has 2 amide bonds. The first-order chi connectivity index (χ1) is 13.5. The second-order valence-electron chi connectivity index (χ2n) is 6.36. The minimum Gasteiger partial charge on any atom is -0.481 e. The molecule has 0 aliphatic carbocycles. The van der Waals surface area contributed by atoms with Crippen LogP contribution in [0.2, 0.25) is 0 Å². The standard InChI is InChI=1S/C20H19N5O2S/c1-11-17(19-24-15(10-28-19)12-3-6-14(21)7-4-12)18(25-20(26)23-11)13-5-8-16(27-2)22-9-13/h3-10,18H,21H2,1-2H3,(H2,23,25,26). The Morgan fingerprint density at radius 3 is 2.64 bits per heavy atom. The molecule has 0 spiro atoms. The van der Waals surface area contributed by atoms with Crippen LogP contribution in [0.3, 0.4) is 0 Å². The molecule has 4 rings (SSSR count). The maximum atomic E-state index is 12.1. The van der Waals surface area contributed by atoms with E-state index in [0.717, 1.165) is 33.1 Å².